The van der Waals surface area contributed by atoms with E-state index < -0.39 is 5.97 Å². The number of allylic oxidation sites excluding steroid dienone is 1. The van der Waals surface area contributed by atoms with Gasteiger partial charge >= 0.3 is 0 Å². The number of aliphatic hydroxyl groups is 1. The fourth-order valence-electron chi connectivity index (χ4n) is 0.430. The highest BCUT2D eigenvalue weighted by Crippen LogP contribution is 1.97. The molecule has 0 bridgehead atoms. The lowest BCUT2D eigenvalue weighted by atomic mass is 10.2. The van der Waals surface area contributed by atoms with Crippen molar-refractivity contribution in [2.24, 2.45) is 0 Å². The number of hydrogen-bond acceptors (Lipinski definition) is 2. The first kappa shape index (κ1) is 14.0. The van der Waals surface area contributed by atoms with Gasteiger partial charge < -0.3 is 10.2 Å². The summed E-state index contributed by atoms with van der Waals surface area (Å²) < 4.78 is 0. The predicted octanol–water partition coefficient (Wildman–Crippen LogP) is 1.64. The largest absolute Gasteiger partial charge is 0.481 e. The van der Waals surface area contributed by atoms with Crippen LogP contribution in [0.4, 0.5) is 0 Å². The van der Waals surface area contributed by atoms with Gasteiger partial charge in [0.2, 0.25) is 0 Å². The van der Waals surface area contributed by atoms with Gasteiger partial charge in [-0.1, -0.05) is 13.0 Å². The van der Waals surface area contributed by atoms with Gasteiger partial charge in [0.05, 0.1) is 6.61 Å². The molecule has 0 aliphatic rings. The number of halogens is 1. The molecule has 72 valence electrons. The van der Waals surface area contributed by atoms with Gasteiger partial charge in [0.25, 0.3) is 5.97 Å². The highest BCUT2D eigenvalue weighted by Gasteiger charge is 1.86. The molecule has 0 saturated heterocycles. The van der Waals surface area contributed by atoms with E-state index in [4.69, 9.17) is 26.6 Å². The molecule has 3 nitrogen and oxygen atoms in total. The Morgan fingerprint density at radius 3 is 2.08 bits per heavy atom. The first-order chi connectivity index (χ1) is 5.58. The minimum absolute atomic E-state index is 0.142. The molecule has 0 aromatic carbocycles. The van der Waals surface area contributed by atoms with Crippen molar-refractivity contribution in [3.8, 4) is 0 Å². The van der Waals surface area contributed by atoms with Gasteiger partial charge in [-0.25, -0.2) is 0 Å². The molecule has 0 heterocycles. The topological polar surface area (TPSA) is 57.5 Å². The monoisotopic (exact) mass is 194 g/mol. The molecule has 2 N–H and O–H groups in total. The van der Waals surface area contributed by atoms with Crippen molar-refractivity contribution in [2.45, 2.75) is 20.3 Å². The van der Waals surface area contributed by atoms with Crippen molar-refractivity contribution >= 4 is 17.6 Å². The Morgan fingerprint density at radius 2 is 2.00 bits per heavy atom. The fourth-order valence-corrected chi connectivity index (χ4v) is 0.648. The second-order valence-electron chi connectivity index (χ2n) is 2.05. The number of rotatable bonds is 3. The Labute approximate surface area is 77.7 Å². The second-order valence-corrected chi connectivity index (χ2v) is 2.36. The lowest BCUT2D eigenvalue weighted by Gasteiger charge is -1.94. The number of aliphatic hydroxyl groups excluding tert-OH is 1. The van der Waals surface area contributed by atoms with E-state index in [-0.39, 0.29) is 6.61 Å². The maximum absolute atomic E-state index is 9.00. The zero-order valence-corrected chi connectivity index (χ0v) is 8.14. The molecule has 0 unspecified atom stereocenters. The minimum Gasteiger partial charge on any atom is -0.481 e. The Bertz CT molecular complexity index is 133. The standard InChI is InChI=1S/C6H11ClO.C2H4O2/c1-2-6(5-8)3-4-7;1-2(3)4/h3,8H,2,4-5H2,1H3;1H3,(H,3,4). The Balaban J connectivity index is 0. The number of carbonyl (C=O) groups is 1. The molecule has 0 atom stereocenters. The van der Waals surface area contributed by atoms with E-state index in [1.165, 1.54) is 0 Å². The van der Waals surface area contributed by atoms with Crippen molar-refractivity contribution in [3.05, 3.63) is 11.6 Å². The van der Waals surface area contributed by atoms with Gasteiger partial charge in [-0.05, 0) is 12.0 Å². The van der Waals surface area contributed by atoms with E-state index in [1.807, 2.05) is 13.0 Å². The second kappa shape index (κ2) is 10.5. The van der Waals surface area contributed by atoms with E-state index in [0.29, 0.717) is 5.88 Å². The molecule has 0 aromatic rings. The summed E-state index contributed by atoms with van der Waals surface area (Å²) in [5, 5.41) is 15.9. The Kier molecular flexibility index (Phi) is 12.2. The average molecular weight is 195 g/mol. The first-order valence-electron chi connectivity index (χ1n) is 3.62. The van der Waals surface area contributed by atoms with Crippen LogP contribution in [0.5, 0.6) is 0 Å². The molecule has 0 aromatic heterocycles. The van der Waals surface area contributed by atoms with Crippen LogP contribution in [0.15, 0.2) is 11.6 Å². The van der Waals surface area contributed by atoms with Crippen LogP contribution in [0, 0.1) is 0 Å². The quantitative estimate of drug-likeness (QED) is 0.531. The van der Waals surface area contributed by atoms with E-state index in [2.05, 4.69) is 0 Å². The zero-order valence-electron chi connectivity index (χ0n) is 7.38. The summed E-state index contributed by atoms with van der Waals surface area (Å²) in [6.07, 6.45) is 2.73. The summed E-state index contributed by atoms with van der Waals surface area (Å²) in [5.74, 6) is -0.330. The Hall–Kier alpha value is -0.540. The van der Waals surface area contributed by atoms with E-state index in [1.54, 1.807) is 0 Å². The van der Waals surface area contributed by atoms with Gasteiger partial charge in [-0.15, -0.1) is 11.6 Å². The van der Waals surface area contributed by atoms with Crippen LogP contribution < -0.4 is 0 Å². The summed E-state index contributed by atoms with van der Waals surface area (Å²) in [6.45, 7) is 3.22. The van der Waals surface area contributed by atoms with Gasteiger partial charge in [0.15, 0.2) is 0 Å². The molecule has 0 spiro atoms. The molecule has 0 amide bonds. The van der Waals surface area contributed by atoms with Crippen molar-refractivity contribution in [1.29, 1.82) is 0 Å². The third-order valence-corrected chi connectivity index (χ3v) is 1.18. The summed E-state index contributed by atoms with van der Waals surface area (Å²) in [7, 11) is 0. The van der Waals surface area contributed by atoms with E-state index in [9.17, 15) is 0 Å². The molecule has 0 radical (unpaired) electrons. The molecule has 0 aliphatic heterocycles. The third-order valence-electron chi connectivity index (χ3n) is 1.02. The van der Waals surface area contributed by atoms with Crippen molar-refractivity contribution < 1.29 is 15.0 Å². The number of carboxylic acid groups (broad SMARTS) is 1. The van der Waals surface area contributed by atoms with Crippen LogP contribution in [-0.4, -0.2) is 28.7 Å². The molecular formula is C8H15ClO3. The summed E-state index contributed by atoms with van der Waals surface area (Å²) >= 11 is 5.37. The number of carboxylic acids is 1. The maximum Gasteiger partial charge on any atom is 0.300 e. The average Bonchev–Trinajstić information content (AvgIpc) is 1.99. The summed E-state index contributed by atoms with van der Waals surface area (Å²) in [4.78, 5) is 9.00. The van der Waals surface area contributed by atoms with Crippen LogP contribution in [0.2, 0.25) is 0 Å². The highest BCUT2D eigenvalue weighted by molar-refractivity contribution is 6.18. The first-order valence-corrected chi connectivity index (χ1v) is 4.16. The van der Waals surface area contributed by atoms with Crippen LogP contribution in [-0.2, 0) is 4.79 Å². The molecular weight excluding hydrogens is 180 g/mol. The summed E-state index contributed by atoms with van der Waals surface area (Å²) in [6, 6.07) is 0. The molecule has 12 heavy (non-hydrogen) atoms. The van der Waals surface area contributed by atoms with Gasteiger partial charge in [-0.3, -0.25) is 4.79 Å². The van der Waals surface area contributed by atoms with Gasteiger partial charge in [0, 0.05) is 12.8 Å². The fraction of sp³-hybridized carbons (Fsp3) is 0.625. The van der Waals surface area contributed by atoms with E-state index in [0.717, 1.165) is 18.9 Å². The maximum atomic E-state index is 9.00. The molecule has 0 fully saturated rings. The van der Waals surface area contributed by atoms with Crippen molar-refractivity contribution in [1.82, 2.24) is 0 Å². The third kappa shape index (κ3) is 16.2. The molecule has 4 heteroatoms. The number of hydrogen-bond donors (Lipinski definition) is 2. The van der Waals surface area contributed by atoms with Crippen LogP contribution in [0.1, 0.15) is 20.3 Å². The van der Waals surface area contributed by atoms with Gasteiger partial charge in [-0.2, -0.15) is 0 Å². The molecule has 0 rings (SSSR count). The van der Waals surface area contributed by atoms with Crippen LogP contribution >= 0.6 is 11.6 Å². The smallest absolute Gasteiger partial charge is 0.300 e. The Morgan fingerprint density at radius 1 is 1.58 bits per heavy atom. The zero-order chi connectivity index (χ0) is 9.98. The molecule has 0 aliphatic carbocycles. The predicted molar refractivity (Wildman–Crippen MR) is 49.5 cm³/mol. The molecule has 0 saturated carbocycles. The van der Waals surface area contributed by atoms with Crippen molar-refractivity contribution in [2.75, 3.05) is 12.5 Å². The number of aliphatic carboxylic acids is 1. The van der Waals surface area contributed by atoms with Crippen LogP contribution in [0.3, 0.4) is 0 Å². The minimum atomic E-state index is -0.833. The lowest BCUT2D eigenvalue weighted by molar-refractivity contribution is -0.134. The summed E-state index contributed by atoms with van der Waals surface area (Å²) in [5.41, 5.74) is 1.01. The lowest BCUT2D eigenvalue weighted by Crippen LogP contribution is -1.87. The normalized spacial score (nSPS) is 10.2. The van der Waals surface area contributed by atoms with E-state index >= 15 is 0 Å². The van der Waals surface area contributed by atoms with Crippen LogP contribution in [0.25, 0.3) is 0 Å². The number of alkyl halides is 1. The SMILES string of the molecule is CC(=O)O.CCC(=CCCl)CO. The highest BCUT2D eigenvalue weighted by atomic mass is 35.5. The van der Waals surface area contributed by atoms with Gasteiger partial charge in [0.1, 0.15) is 0 Å². The van der Waals surface area contributed by atoms with Crippen molar-refractivity contribution in [3.63, 3.8) is 0 Å².